The molecule has 58 valence electrons. The van der Waals surface area contributed by atoms with Gasteiger partial charge in [-0.1, -0.05) is 0 Å². The van der Waals surface area contributed by atoms with Crippen LogP contribution < -0.4 is 0 Å². The van der Waals surface area contributed by atoms with E-state index in [-0.39, 0.29) is 0 Å². The standard InChI is InChI=1S/C8H6N4/c1-2-12-8(5-9-1)7-3-10-6-11-4-7/h1-6H. The fraction of sp³-hybridized carbons (Fsp3) is 0. The zero-order chi connectivity index (χ0) is 8.23. The maximum absolute atomic E-state index is 4.11. The maximum atomic E-state index is 4.11. The third-order valence-electron chi connectivity index (χ3n) is 1.42. The van der Waals surface area contributed by atoms with E-state index in [9.17, 15) is 0 Å². The summed E-state index contributed by atoms with van der Waals surface area (Å²) >= 11 is 0. The number of aromatic nitrogens is 4. The first-order valence-electron chi connectivity index (χ1n) is 3.48. The van der Waals surface area contributed by atoms with Crippen LogP contribution in [0.5, 0.6) is 0 Å². The molecule has 0 bridgehead atoms. The average Bonchev–Trinajstić information content (AvgIpc) is 2.21. The van der Waals surface area contributed by atoms with Gasteiger partial charge in [0.25, 0.3) is 0 Å². The van der Waals surface area contributed by atoms with Crippen molar-refractivity contribution in [2.24, 2.45) is 0 Å². The molecule has 2 aromatic rings. The van der Waals surface area contributed by atoms with E-state index in [2.05, 4.69) is 19.9 Å². The molecule has 12 heavy (non-hydrogen) atoms. The molecule has 0 atom stereocenters. The Morgan fingerprint density at radius 1 is 0.833 bits per heavy atom. The number of hydrogen-bond donors (Lipinski definition) is 0. The minimum Gasteiger partial charge on any atom is -0.261 e. The third-order valence-corrected chi connectivity index (χ3v) is 1.42. The highest BCUT2D eigenvalue weighted by atomic mass is 14.8. The topological polar surface area (TPSA) is 51.6 Å². The normalized spacial score (nSPS) is 9.67. The Hall–Kier alpha value is -1.84. The average molecular weight is 158 g/mol. The van der Waals surface area contributed by atoms with E-state index in [0.717, 1.165) is 11.3 Å². The van der Waals surface area contributed by atoms with Crippen LogP contribution in [0, 0.1) is 0 Å². The van der Waals surface area contributed by atoms with Gasteiger partial charge in [0.15, 0.2) is 0 Å². The second-order valence-electron chi connectivity index (χ2n) is 2.22. The summed E-state index contributed by atoms with van der Waals surface area (Å²) in [4.78, 5) is 15.8. The molecule has 0 unspecified atom stereocenters. The maximum Gasteiger partial charge on any atom is 0.115 e. The van der Waals surface area contributed by atoms with E-state index in [1.807, 2.05) is 0 Å². The molecule has 0 amide bonds. The summed E-state index contributed by atoms with van der Waals surface area (Å²) < 4.78 is 0. The molecule has 0 saturated carbocycles. The van der Waals surface area contributed by atoms with Crippen molar-refractivity contribution in [2.75, 3.05) is 0 Å². The van der Waals surface area contributed by atoms with E-state index in [1.165, 1.54) is 6.33 Å². The van der Waals surface area contributed by atoms with Crippen LogP contribution >= 0.6 is 0 Å². The minimum absolute atomic E-state index is 0.790. The van der Waals surface area contributed by atoms with Crippen LogP contribution in [0.3, 0.4) is 0 Å². The molecule has 0 aromatic carbocycles. The molecule has 0 saturated heterocycles. The molecule has 2 aromatic heterocycles. The van der Waals surface area contributed by atoms with Crippen molar-refractivity contribution >= 4 is 0 Å². The first-order valence-corrected chi connectivity index (χ1v) is 3.48. The van der Waals surface area contributed by atoms with Crippen molar-refractivity contribution in [1.29, 1.82) is 0 Å². The lowest BCUT2D eigenvalue weighted by atomic mass is 10.2. The van der Waals surface area contributed by atoms with Crippen molar-refractivity contribution in [3.05, 3.63) is 37.3 Å². The zero-order valence-electron chi connectivity index (χ0n) is 6.25. The quantitative estimate of drug-likeness (QED) is 0.619. The molecule has 0 radical (unpaired) electrons. The Labute approximate surface area is 69.4 Å². The summed E-state index contributed by atoms with van der Waals surface area (Å²) in [5.74, 6) is 0. The van der Waals surface area contributed by atoms with Gasteiger partial charge in [-0.05, 0) is 0 Å². The Morgan fingerprint density at radius 3 is 2.33 bits per heavy atom. The van der Waals surface area contributed by atoms with Crippen molar-refractivity contribution in [3.63, 3.8) is 0 Å². The fourth-order valence-electron chi connectivity index (χ4n) is 0.880. The molecular formula is C8H6N4. The molecule has 0 N–H and O–H groups in total. The van der Waals surface area contributed by atoms with Crippen LogP contribution in [-0.2, 0) is 0 Å². The summed E-state index contributed by atoms with van der Waals surface area (Å²) in [6, 6.07) is 0. The fourth-order valence-corrected chi connectivity index (χ4v) is 0.880. The van der Waals surface area contributed by atoms with Crippen molar-refractivity contribution in [1.82, 2.24) is 19.9 Å². The highest BCUT2D eigenvalue weighted by molar-refractivity contribution is 5.54. The van der Waals surface area contributed by atoms with Gasteiger partial charge in [0.05, 0.1) is 11.9 Å². The molecule has 0 aliphatic carbocycles. The second-order valence-corrected chi connectivity index (χ2v) is 2.22. The summed E-state index contributed by atoms with van der Waals surface area (Å²) in [6.07, 6.45) is 9.85. The minimum atomic E-state index is 0.790. The first kappa shape index (κ1) is 6.84. The number of hydrogen-bond acceptors (Lipinski definition) is 4. The number of nitrogens with zero attached hydrogens (tertiary/aromatic N) is 4. The molecular weight excluding hydrogens is 152 g/mol. The van der Waals surface area contributed by atoms with Gasteiger partial charge in [-0.25, -0.2) is 9.97 Å². The van der Waals surface area contributed by atoms with Gasteiger partial charge in [0.1, 0.15) is 6.33 Å². The molecule has 0 aliphatic heterocycles. The summed E-state index contributed by atoms with van der Waals surface area (Å²) in [5.41, 5.74) is 1.67. The van der Waals surface area contributed by atoms with E-state index in [0.29, 0.717) is 0 Å². The molecule has 4 nitrogen and oxygen atoms in total. The first-order chi connectivity index (χ1) is 5.97. The van der Waals surface area contributed by atoms with E-state index < -0.39 is 0 Å². The molecule has 4 heteroatoms. The molecule has 0 spiro atoms. The van der Waals surface area contributed by atoms with Gasteiger partial charge in [0, 0.05) is 30.4 Å². The van der Waals surface area contributed by atoms with Crippen molar-refractivity contribution in [3.8, 4) is 11.3 Å². The van der Waals surface area contributed by atoms with Crippen LogP contribution in [0.25, 0.3) is 11.3 Å². The van der Waals surface area contributed by atoms with Gasteiger partial charge >= 0.3 is 0 Å². The number of rotatable bonds is 1. The summed E-state index contributed by atoms with van der Waals surface area (Å²) in [5, 5.41) is 0. The Kier molecular flexibility index (Phi) is 1.74. The Bertz CT molecular complexity index is 308. The smallest absolute Gasteiger partial charge is 0.115 e. The summed E-state index contributed by atoms with van der Waals surface area (Å²) in [6.45, 7) is 0. The van der Waals surface area contributed by atoms with Crippen LogP contribution in [0.4, 0.5) is 0 Å². The van der Waals surface area contributed by atoms with Crippen molar-refractivity contribution in [2.45, 2.75) is 0 Å². The van der Waals surface area contributed by atoms with Gasteiger partial charge in [-0.2, -0.15) is 0 Å². The zero-order valence-corrected chi connectivity index (χ0v) is 6.25. The predicted molar refractivity (Wildman–Crippen MR) is 43.1 cm³/mol. The molecule has 2 rings (SSSR count). The lowest BCUT2D eigenvalue weighted by molar-refractivity contribution is 1.14. The molecule has 0 aliphatic rings. The van der Waals surface area contributed by atoms with Crippen LogP contribution in [0.1, 0.15) is 0 Å². The largest absolute Gasteiger partial charge is 0.261 e. The Morgan fingerprint density at radius 2 is 1.67 bits per heavy atom. The predicted octanol–water partition coefficient (Wildman–Crippen LogP) is 0.934. The lowest BCUT2D eigenvalue weighted by Crippen LogP contribution is -1.85. The highest BCUT2D eigenvalue weighted by Gasteiger charge is 1.96. The van der Waals surface area contributed by atoms with Crippen molar-refractivity contribution < 1.29 is 0 Å². The Balaban J connectivity index is 2.46. The summed E-state index contributed by atoms with van der Waals surface area (Å²) in [7, 11) is 0. The van der Waals surface area contributed by atoms with Crippen LogP contribution in [0.2, 0.25) is 0 Å². The molecule has 0 fully saturated rings. The monoisotopic (exact) mass is 158 g/mol. The van der Waals surface area contributed by atoms with Gasteiger partial charge in [-0.15, -0.1) is 0 Å². The van der Waals surface area contributed by atoms with E-state index >= 15 is 0 Å². The SMILES string of the molecule is c1cnc(-c2cncnc2)cn1. The van der Waals surface area contributed by atoms with Crippen LogP contribution in [0.15, 0.2) is 37.3 Å². The van der Waals surface area contributed by atoms with E-state index in [4.69, 9.17) is 0 Å². The van der Waals surface area contributed by atoms with Gasteiger partial charge < -0.3 is 0 Å². The second kappa shape index (κ2) is 3.04. The highest BCUT2D eigenvalue weighted by Crippen LogP contribution is 2.10. The van der Waals surface area contributed by atoms with Crippen LogP contribution in [-0.4, -0.2) is 19.9 Å². The van der Waals surface area contributed by atoms with Gasteiger partial charge in [0.2, 0.25) is 0 Å². The van der Waals surface area contributed by atoms with Gasteiger partial charge in [-0.3, -0.25) is 9.97 Å². The van der Waals surface area contributed by atoms with E-state index in [1.54, 1.807) is 31.0 Å². The molecule has 2 heterocycles. The third kappa shape index (κ3) is 1.27. The lowest BCUT2D eigenvalue weighted by Gasteiger charge is -1.95.